The molecule has 0 saturated heterocycles. The molecule has 104 valence electrons. The SMILES string of the molecule is Cc1ccc(C(=O)CC(N)C(=O)OC(C)(C)C)cc1. The molecule has 0 aliphatic heterocycles. The van der Waals surface area contributed by atoms with Crippen molar-refractivity contribution in [3.8, 4) is 0 Å². The Morgan fingerprint density at radius 3 is 2.21 bits per heavy atom. The number of nitrogens with two attached hydrogens (primary N) is 1. The van der Waals surface area contributed by atoms with Crippen molar-refractivity contribution in [3.05, 3.63) is 35.4 Å². The second kappa shape index (κ2) is 5.97. The third-order valence-electron chi connectivity index (χ3n) is 2.49. The number of Topliss-reactive ketones (excluding diaryl/α,β-unsaturated/α-hetero) is 1. The van der Waals surface area contributed by atoms with E-state index in [1.807, 2.05) is 19.1 Å². The quantitative estimate of drug-likeness (QED) is 0.668. The van der Waals surface area contributed by atoms with E-state index < -0.39 is 17.6 Å². The molecule has 1 rings (SSSR count). The number of benzene rings is 1. The molecule has 1 atom stereocenters. The number of hydrogen-bond donors (Lipinski definition) is 1. The van der Waals surface area contributed by atoms with E-state index in [1.54, 1.807) is 32.9 Å². The molecule has 4 nitrogen and oxygen atoms in total. The van der Waals surface area contributed by atoms with Gasteiger partial charge in [0.2, 0.25) is 0 Å². The zero-order valence-corrected chi connectivity index (χ0v) is 11.9. The Hall–Kier alpha value is -1.68. The van der Waals surface area contributed by atoms with Gasteiger partial charge in [0.05, 0.1) is 0 Å². The van der Waals surface area contributed by atoms with Gasteiger partial charge in [0, 0.05) is 12.0 Å². The second-order valence-electron chi connectivity index (χ2n) is 5.63. The average molecular weight is 263 g/mol. The van der Waals surface area contributed by atoms with E-state index in [1.165, 1.54) is 0 Å². The summed E-state index contributed by atoms with van der Waals surface area (Å²) in [5.41, 5.74) is 6.74. The van der Waals surface area contributed by atoms with Crippen molar-refractivity contribution in [1.82, 2.24) is 0 Å². The Morgan fingerprint density at radius 1 is 1.21 bits per heavy atom. The predicted octanol–water partition coefficient (Wildman–Crippen LogP) is 2.24. The van der Waals surface area contributed by atoms with E-state index in [0.29, 0.717) is 5.56 Å². The Kier molecular flexibility index (Phi) is 4.84. The highest BCUT2D eigenvalue weighted by molar-refractivity contribution is 5.98. The van der Waals surface area contributed by atoms with Crippen LogP contribution >= 0.6 is 0 Å². The summed E-state index contributed by atoms with van der Waals surface area (Å²) in [5.74, 6) is -0.702. The molecule has 1 aromatic carbocycles. The van der Waals surface area contributed by atoms with Crippen LogP contribution in [0.4, 0.5) is 0 Å². The minimum Gasteiger partial charge on any atom is -0.459 e. The van der Waals surface area contributed by atoms with Gasteiger partial charge in [-0.15, -0.1) is 0 Å². The Balaban J connectivity index is 2.61. The van der Waals surface area contributed by atoms with Crippen molar-refractivity contribution in [2.75, 3.05) is 0 Å². The van der Waals surface area contributed by atoms with E-state index in [4.69, 9.17) is 10.5 Å². The second-order valence-corrected chi connectivity index (χ2v) is 5.63. The maximum Gasteiger partial charge on any atom is 0.323 e. The third-order valence-corrected chi connectivity index (χ3v) is 2.49. The molecule has 0 saturated carbocycles. The number of ether oxygens (including phenoxy) is 1. The Morgan fingerprint density at radius 2 is 1.74 bits per heavy atom. The summed E-state index contributed by atoms with van der Waals surface area (Å²) < 4.78 is 5.14. The zero-order chi connectivity index (χ0) is 14.6. The summed E-state index contributed by atoms with van der Waals surface area (Å²) in [6.07, 6.45) is -0.0437. The normalized spacial score (nSPS) is 12.9. The van der Waals surface area contributed by atoms with Crippen LogP contribution in [0.1, 0.15) is 43.1 Å². The Bertz CT molecular complexity index is 457. The van der Waals surface area contributed by atoms with Gasteiger partial charge in [0.25, 0.3) is 0 Å². The van der Waals surface area contributed by atoms with Crippen molar-refractivity contribution in [1.29, 1.82) is 0 Å². The molecule has 0 aliphatic rings. The fourth-order valence-corrected chi connectivity index (χ4v) is 1.52. The van der Waals surface area contributed by atoms with Gasteiger partial charge in [-0.1, -0.05) is 29.8 Å². The number of aryl methyl sites for hydroxylation is 1. The largest absolute Gasteiger partial charge is 0.459 e. The highest BCUT2D eigenvalue weighted by Crippen LogP contribution is 2.11. The van der Waals surface area contributed by atoms with Crippen molar-refractivity contribution in [2.45, 2.75) is 45.8 Å². The number of esters is 1. The summed E-state index contributed by atoms with van der Waals surface area (Å²) in [6, 6.07) is 6.25. The van der Waals surface area contributed by atoms with Gasteiger partial charge >= 0.3 is 5.97 Å². The lowest BCUT2D eigenvalue weighted by atomic mass is 10.0. The highest BCUT2D eigenvalue weighted by atomic mass is 16.6. The molecule has 2 N–H and O–H groups in total. The van der Waals surface area contributed by atoms with Gasteiger partial charge in [0.15, 0.2) is 5.78 Å². The van der Waals surface area contributed by atoms with E-state index in [0.717, 1.165) is 5.56 Å². The predicted molar refractivity (Wildman–Crippen MR) is 73.9 cm³/mol. The lowest BCUT2D eigenvalue weighted by Crippen LogP contribution is -2.38. The number of rotatable bonds is 4. The van der Waals surface area contributed by atoms with Crippen LogP contribution in [-0.2, 0) is 9.53 Å². The van der Waals surface area contributed by atoms with E-state index in [2.05, 4.69) is 0 Å². The number of hydrogen-bond acceptors (Lipinski definition) is 4. The van der Waals surface area contributed by atoms with Crippen molar-refractivity contribution in [2.24, 2.45) is 5.73 Å². The minimum atomic E-state index is -0.923. The topological polar surface area (TPSA) is 69.4 Å². The molecule has 0 fully saturated rings. The fraction of sp³-hybridized carbons (Fsp3) is 0.467. The lowest BCUT2D eigenvalue weighted by molar-refractivity contribution is -0.156. The van der Waals surface area contributed by atoms with Crippen LogP contribution in [0.3, 0.4) is 0 Å². The zero-order valence-electron chi connectivity index (χ0n) is 11.9. The number of carbonyl (C=O) groups is 2. The van der Waals surface area contributed by atoms with Crippen LogP contribution < -0.4 is 5.73 Å². The average Bonchev–Trinajstić information content (AvgIpc) is 2.27. The molecule has 0 heterocycles. The third kappa shape index (κ3) is 5.22. The number of carbonyl (C=O) groups excluding carboxylic acids is 2. The molecule has 0 aliphatic carbocycles. The first-order chi connectivity index (χ1) is 8.69. The summed E-state index contributed by atoms with van der Waals surface area (Å²) >= 11 is 0. The summed E-state index contributed by atoms with van der Waals surface area (Å²) in [4.78, 5) is 23.6. The van der Waals surface area contributed by atoms with Gasteiger partial charge in [0.1, 0.15) is 11.6 Å². The van der Waals surface area contributed by atoms with Crippen LogP contribution in [0.15, 0.2) is 24.3 Å². The number of ketones is 1. The highest BCUT2D eigenvalue weighted by Gasteiger charge is 2.24. The monoisotopic (exact) mass is 263 g/mol. The molecule has 0 bridgehead atoms. The fourth-order valence-electron chi connectivity index (χ4n) is 1.52. The first-order valence-corrected chi connectivity index (χ1v) is 6.27. The smallest absolute Gasteiger partial charge is 0.323 e. The Labute approximate surface area is 113 Å². The van der Waals surface area contributed by atoms with Crippen molar-refractivity contribution in [3.63, 3.8) is 0 Å². The molecule has 1 unspecified atom stereocenters. The van der Waals surface area contributed by atoms with Gasteiger partial charge in [-0.2, -0.15) is 0 Å². The van der Waals surface area contributed by atoms with Gasteiger partial charge in [-0.3, -0.25) is 9.59 Å². The summed E-state index contributed by atoms with van der Waals surface area (Å²) in [6.45, 7) is 7.24. The van der Waals surface area contributed by atoms with Crippen LogP contribution in [0.2, 0.25) is 0 Å². The molecule has 19 heavy (non-hydrogen) atoms. The van der Waals surface area contributed by atoms with Crippen LogP contribution in [-0.4, -0.2) is 23.4 Å². The van der Waals surface area contributed by atoms with E-state index in [-0.39, 0.29) is 12.2 Å². The first-order valence-electron chi connectivity index (χ1n) is 6.27. The molecular weight excluding hydrogens is 242 g/mol. The van der Waals surface area contributed by atoms with Gasteiger partial charge < -0.3 is 10.5 Å². The lowest BCUT2D eigenvalue weighted by Gasteiger charge is -2.21. The van der Waals surface area contributed by atoms with Crippen LogP contribution in [0.5, 0.6) is 0 Å². The standard InChI is InChI=1S/C15H21NO3/c1-10-5-7-11(8-6-10)13(17)9-12(16)14(18)19-15(2,3)4/h5-8,12H,9,16H2,1-4H3. The van der Waals surface area contributed by atoms with Crippen LogP contribution in [0.25, 0.3) is 0 Å². The summed E-state index contributed by atoms with van der Waals surface area (Å²) in [5, 5.41) is 0. The van der Waals surface area contributed by atoms with E-state index in [9.17, 15) is 9.59 Å². The maximum atomic E-state index is 11.9. The van der Waals surface area contributed by atoms with Crippen molar-refractivity contribution >= 4 is 11.8 Å². The molecule has 0 radical (unpaired) electrons. The first kappa shape index (κ1) is 15.4. The van der Waals surface area contributed by atoms with Crippen molar-refractivity contribution < 1.29 is 14.3 Å². The summed E-state index contributed by atoms with van der Waals surface area (Å²) in [7, 11) is 0. The molecule has 1 aromatic rings. The van der Waals surface area contributed by atoms with Crippen LogP contribution in [0, 0.1) is 6.92 Å². The molecule has 0 spiro atoms. The molecule has 0 aromatic heterocycles. The molecular formula is C15H21NO3. The van der Waals surface area contributed by atoms with Gasteiger partial charge in [-0.25, -0.2) is 0 Å². The minimum absolute atomic E-state index is 0.0437. The molecule has 0 amide bonds. The maximum absolute atomic E-state index is 11.9. The molecule has 4 heteroatoms. The van der Waals surface area contributed by atoms with E-state index >= 15 is 0 Å². The van der Waals surface area contributed by atoms with Gasteiger partial charge in [-0.05, 0) is 27.7 Å².